The van der Waals surface area contributed by atoms with Crippen LogP contribution < -0.4 is 15.8 Å². The van der Waals surface area contributed by atoms with Crippen molar-refractivity contribution in [1.82, 2.24) is 0 Å². The maximum atomic E-state index is 12.0. The van der Waals surface area contributed by atoms with E-state index in [1.54, 1.807) is 0 Å². The highest BCUT2D eigenvalue weighted by atomic mass is 19.4. The van der Waals surface area contributed by atoms with Gasteiger partial charge in [-0.2, -0.15) is 0 Å². The van der Waals surface area contributed by atoms with Crippen LogP contribution in [0.1, 0.15) is 12.8 Å². The average molecular weight is 260 g/mol. The number of nitrogens with one attached hydrogen (secondary N) is 1. The van der Waals surface area contributed by atoms with Crippen LogP contribution in [-0.4, -0.2) is 17.8 Å². The monoisotopic (exact) mass is 260 g/mol. The third kappa shape index (κ3) is 3.13. The fourth-order valence-corrected chi connectivity index (χ4v) is 1.39. The predicted molar refractivity (Wildman–Crippen MR) is 57.9 cm³/mol. The third-order valence-corrected chi connectivity index (χ3v) is 2.57. The largest absolute Gasteiger partial charge is 0.573 e. The fourth-order valence-electron chi connectivity index (χ4n) is 1.39. The molecule has 1 fully saturated rings. The molecule has 2 rings (SSSR count). The quantitative estimate of drug-likeness (QED) is 0.873. The Morgan fingerprint density at radius 3 is 2.61 bits per heavy atom. The van der Waals surface area contributed by atoms with Crippen LogP contribution >= 0.6 is 0 Å². The van der Waals surface area contributed by atoms with Gasteiger partial charge in [0.25, 0.3) is 0 Å². The number of carbonyl (C=O) groups excluding carboxylic acids is 1. The molecule has 1 aromatic carbocycles. The maximum Gasteiger partial charge on any atom is 0.573 e. The normalized spacial score (nSPS) is 17.1. The van der Waals surface area contributed by atoms with Gasteiger partial charge in [-0.15, -0.1) is 13.2 Å². The Morgan fingerprint density at radius 1 is 1.39 bits per heavy atom. The molecule has 7 heteroatoms. The van der Waals surface area contributed by atoms with Crippen molar-refractivity contribution in [2.24, 2.45) is 5.73 Å². The van der Waals surface area contributed by atoms with E-state index in [0.29, 0.717) is 12.8 Å². The Hall–Kier alpha value is -1.76. The van der Waals surface area contributed by atoms with Crippen LogP contribution in [0.2, 0.25) is 0 Å². The van der Waals surface area contributed by atoms with E-state index in [2.05, 4.69) is 10.1 Å². The van der Waals surface area contributed by atoms with Crippen LogP contribution in [0.3, 0.4) is 0 Å². The Labute approximate surface area is 101 Å². The highest BCUT2D eigenvalue weighted by Gasteiger charge is 2.45. The minimum atomic E-state index is -4.76. The zero-order valence-electron chi connectivity index (χ0n) is 9.25. The molecule has 1 amide bonds. The van der Waals surface area contributed by atoms with Crippen LogP contribution in [0.4, 0.5) is 18.9 Å². The van der Waals surface area contributed by atoms with E-state index >= 15 is 0 Å². The number of amides is 1. The number of ether oxygens (including phenoxy) is 1. The summed E-state index contributed by atoms with van der Waals surface area (Å²) in [5, 5.41) is 2.46. The van der Waals surface area contributed by atoms with Gasteiger partial charge in [-0.1, -0.05) is 6.07 Å². The molecule has 18 heavy (non-hydrogen) atoms. The van der Waals surface area contributed by atoms with Gasteiger partial charge < -0.3 is 15.8 Å². The number of hydrogen-bond acceptors (Lipinski definition) is 3. The van der Waals surface area contributed by atoms with Crippen molar-refractivity contribution in [3.63, 3.8) is 0 Å². The van der Waals surface area contributed by atoms with E-state index in [1.165, 1.54) is 12.1 Å². The van der Waals surface area contributed by atoms with Crippen LogP contribution in [0, 0.1) is 0 Å². The lowest BCUT2D eigenvalue weighted by molar-refractivity contribution is -0.274. The molecule has 0 bridgehead atoms. The summed E-state index contributed by atoms with van der Waals surface area (Å²) in [7, 11) is 0. The van der Waals surface area contributed by atoms with Crippen molar-refractivity contribution in [2.75, 3.05) is 5.32 Å². The minimum absolute atomic E-state index is 0.221. The van der Waals surface area contributed by atoms with Gasteiger partial charge in [0.15, 0.2) is 0 Å². The molecule has 0 aliphatic heterocycles. The first-order valence-corrected chi connectivity index (χ1v) is 5.25. The topological polar surface area (TPSA) is 64.4 Å². The molecular formula is C11H11F3N2O2. The molecule has 4 nitrogen and oxygen atoms in total. The van der Waals surface area contributed by atoms with Gasteiger partial charge in [0.1, 0.15) is 5.75 Å². The first-order valence-electron chi connectivity index (χ1n) is 5.25. The Balaban J connectivity index is 2.05. The van der Waals surface area contributed by atoms with Crippen molar-refractivity contribution < 1.29 is 22.7 Å². The second-order valence-corrected chi connectivity index (χ2v) is 4.19. The summed E-state index contributed by atoms with van der Waals surface area (Å²) in [4.78, 5) is 11.6. The van der Waals surface area contributed by atoms with Gasteiger partial charge in [-0.05, 0) is 25.0 Å². The molecule has 98 valence electrons. The molecular weight excluding hydrogens is 249 g/mol. The zero-order valence-corrected chi connectivity index (χ0v) is 9.25. The molecule has 0 heterocycles. The second-order valence-electron chi connectivity index (χ2n) is 4.19. The Bertz CT molecular complexity index is 470. The fraction of sp³-hybridized carbons (Fsp3) is 0.364. The summed E-state index contributed by atoms with van der Waals surface area (Å²) in [5.74, 6) is -0.783. The number of anilines is 1. The molecule has 1 aromatic rings. The number of carbonyl (C=O) groups is 1. The molecule has 1 aliphatic rings. The summed E-state index contributed by atoms with van der Waals surface area (Å²) in [6.45, 7) is 0. The van der Waals surface area contributed by atoms with E-state index in [1.807, 2.05) is 0 Å². The number of benzene rings is 1. The van der Waals surface area contributed by atoms with Crippen molar-refractivity contribution >= 4 is 11.6 Å². The highest BCUT2D eigenvalue weighted by molar-refractivity contribution is 6.00. The molecule has 0 aromatic heterocycles. The minimum Gasteiger partial charge on any atom is -0.406 e. The smallest absolute Gasteiger partial charge is 0.406 e. The van der Waals surface area contributed by atoms with E-state index < -0.39 is 17.8 Å². The molecule has 3 N–H and O–H groups in total. The lowest BCUT2D eigenvalue weighted by atomic mass is 10.2. The van der Waals surface area contributed by atoms with Gasteiger partial charge >= 0.3 is 6.36 Å². The van der Waals surface area contributed by atoms with Gasteiger partial charge in [-0.3, -0.25) is 4.79 Å². The maximum absolute atomic E-state index is 12.0. The molecule has 1 aliphatic carbocycles. The first kappa shape index (κ1) is 12.7. The van der Waals surface area contributed by atoms with Gasteiger partial charge in [0.2, 0.25) is 5.91 Å². The number of halogens is 3. The number of hydrogen-bond donors (Lipinski definition) is 2. The second kappa shape index (κ2) is 4.16. The highest BCUT2D eigenvalue weighted by Crippen LogP contribution is 2.33. The van der Waals surface area contributed by atoms with Crippen molar-refractivity contribution in [2.45, 2.75) is 24.7 Å². The van der Waals surface area contributed by atoms with E-state index in [-0.39, 0.29) is 11.4 Å². The molecule has 0 saturated heterocycles. The lowest BCUT2D eigenvalue weighted by Gasteiger charge is -2.12. The third-order valence-electron chi connectivity index (χ3n) is 2.57. The Morgan fingerprint density at radius 2 is 2.06 bits per heavy atom. The van der Waals surface area contributed by atoms with Crippen LogP contribution in [-0.2, 0) is 4.79 Å². The molecule has 0 atom stereocenters. The van der Waals surface area contributed by atoms with Gasteiger partial charge in [0.05, 0.1) is 5.54 Å². The SMILES string of the molecule is NC1(C(=O)Nc2cccc(OC(F)(F)F)c2)CC1. The lowest BCUT2D eigenvalue weighted by Crippen LogP contribution is -2.37. The Kier molecular flexibility index (Phi) is 2.94. The molecule has 1 saturated carbocycles. The van der Waals surface area contributed by atoms with Gasteiger partial charge in [0, 0.05) is 11.8 Å². The van der Waals surface area contributed by atoms with Gasteiger partial charge in [-0.25, -0.2) is 0 Å². The summed E-state index contributed by atoms with van der Waals surface area (Å²) in [6.07, 6.45) is -3.59. The number of alkyl halides is 3. The summed E-state index contributed by atoms with van der Waals surface area (Å²) in [6, 6.07) is 5.06. The summed E-state index contributed by atoms with van der Waals surface area (Å²) < 4.78 is 39.8. The summed E-state index contributed by atoms with van der Waals surface area (Å²) in [5.41, 5.74) is 5.00. The number of nitrogens with two attached hydrogens (primary N) is 1. The number of rotatable bonds is 3. The molecule has 0 radical (unpaired) electrons. The summed E-state index contributed by atoms with van der Waals surface area (Å²) >= 11 is 0. The van der Waals surface area contributed by atoms with Crippen LogP contribution in [0.25, 0.3) is 0 Å². The van der Waals surface area contributed by atoms with Crippen molar-refractivity contribution in [1.29, 1.82) is 0 Å². The van der Waals surface area contributed by atoms with E-state index in [4.69, 9.17) is 5.73 Å². The predicted octanol–water partition coefficient (Wildman–Crippen LogP) is 2.01. The molecule has 0 spiro atoms. The van der Waals surface area contributed by atoms with Crippen LogP contribution in [0.15, 0.2) is 24.3 Å². The van der Waals surface area contributed by atoms with E-state index in [0.717, 1.165) is 12.1 Å². The van der Waals surface area contributed by atoms with Crippen molar-refractivity contribution in [3.05, 3.63) is 24.3 Å². The molecule has 0 unspecified atom stereocenters. The average Bonchev–Trinajstić information content (AvgIpc) is 2.95. The zero-order chi connectivity index (χ0) is 13.4. The van der Waals surface area contributed by atoms with Crippen LogP contribution in [0.5, 0.6) is 5.75 Å². The van der Waals surface area contributed by atoms with Crippen molar-refractivity contribution in [3.8, 4) is 5.75 Å². The standard InChI is InChI=1S/C11H11F3N2O2/c12-11(13,14)18-8-3-1-2-7(6-8)16-9(17)10(15)4-5-10/h1-3,6H,4-5,15H2,(H,16,17). The van der Waals surface area contributed by atoms with E-state index in [9.17, 15) is 18.0 Å². The first-order chi connectivity index (χ1) is 8.28.